The van der Waals surface area contributed by atoms with Gasteiger partial charge in [-0.15, -0.1) is 0 Å². The van der Waals surface area contributed by atoms with Crippen molar-refractivity contribution in [2.24, 2.45) is 0 Å². The summed E-state index contributed by atoms with van der Waals surface area (Å²) >= 11 is 0. The Kier molecular flexibility index (Phi) is 4.22. The summed E-state index contributed by atoms with van der Waals surface area (Å²) < 4.78 is 14.7. The van der Waals surface area contributed by atoms with E-state index in [-0.39, 0.29) is 0 Å². The third-order valence-corrected chi connectivity index (χ3v) is 4.38. The fraction of sp³-hybridized carbons (Fsp3) is 0.214. The number of nitrogens with one attached hydrogen (secondary N) is 3. The first-order valence-corrected chi connectivity index (χ1v) is 8.06. The number of benzene rings is 1. The van der Waals surface area contributed by atoms with E-state index in [1.807, 2.05) is 37.2 Å². The van der Waals surface area contributed by atoms with Gasteiger partial charge < -0.3 is 15.2 Å². The lowest BCUT2D eigenvalue weighted by Crippen LogP contribution is -2.14. The van der Waals surface area contributed by atoms with Gasteiger partial charge in [-0.3, -0.25) is 0 Å². The molecule has 9 heteroatoms. The zero-order chi connectivity index (χ0) is 16.4. The van der Waals surface area contributed by atoms with E-state index in [0.29, 0.717) is 16.4 Å². The summed E-state index contributed by atoms with van der Waals surface area (Å²) in [6, 6.07) is 5.59. The molecule has 8 nitrogen and oxygen atoms in total. The Labute approximate surface area is 136 Å². The number of hydrogen-bond acceptors (Lipinski definition) is 6. The normalized spacial score (nSPS) is 12.3. The van der Waals surface area contributed by atoms with Crippen LogP contribution in [0.1, 0.15) is 0 Å². The molecule has 0 aliphatic heterocycles. The predicted molar refractivity (Wildman–Crippen MR) is 91.2 cm³/mol. The molecule has 1 atom stereocenters. The van der Waals surface area contributed by atoms with Gasteiger partial charge >= 0.3 is 0 Å². The van der Waals surface area contributed by atoms with Gasteiger partial charge in [-0.2, -0.15) is 0 Å². The molecule has 0 radical (unpaired) electrons. The van der Waals surface area contributed by atoms with E-state index < -0.39 is 11.0 Å². The van der Waals surface area contributed by atoms with Gasteiger partial charge in [0.05, 0.1) is 22.6 Å². The van der Waals surface area contributed by atoms with Crippen LogP contribution in [-0.4, -0.2) is 45.3 Å². The molecule has 2 aromatic heterocycles. The SMILES string of the molecule is CNS(=O)c1ccc(N(C)C)c(Nc2ncnc3nc[nH]c23)c1. The topological polar surface area (TPSA) is 98.8 Å². The van der Waals surface area contributed by atoms with Crippen LogP contribution in [0.3, 0.4) is 0 Å². The molecule has 0 bridgehead atoms. The molecule has 0 amide bonds. The van der Waals surface area contributed by atoms with Crippen molar-refractivity contribution in [2.45, 2.75) is 4.90 Å². The summed E-state index contributed by atoms with van der Waals surface area (Å²) in [6.45, 7) is 0. The molecule has 2 heterocycles. The van der Waals surface area contributed by atoms with Crippen LogP contribution in [0.15, 0.2) is 35.7 Å². The molecule has 0 aliphatic rings. The number of aromatic amines is 1. The van der Waals surface area contributed by atoms with Gasteiger partial charge in [0.2, 0.25) is 0 Å². The fourth-order valence-electron chi connectivity index (χ4n) is 2.23. The first-order chi connectivity index (χ1) is 11.1. The Morgan fingerprint density at radius 3 is 2.78 bits per heavy atom. The maximum atomic E-state index is 12.0. The first-order valence-electron chi connectivity index (χ1n) is 6.92. The fourth-order valence-corrected chi connectivity index (χ4v) is 2.88. The molecule has 3 rings (SSSR count). The van der Waals surface area contributed by atoms with Crippen LogP contribution in [0.5, 0.6) is 0 Å². The van der Waals surface area contributed by atoms with Crippen molar-refractivity contribution in [1.82, 2.24) is 24.7 Å². The van der Waals surface area contributed by atoms with Crippen molar-refractivity contribution in [3.8, 4) is 0 Å². The number of nitrogens with zero attached hydrogens (tertiary/aromatic N) is 4. The Balaban J connectivity index is 2.06. The summed E-state index contributed by atoms with van der Waals surface area (Å²) in [4.78, 5) is 18.2. The van der Waals surface area contributed by atoms with Crippen LogP contribution in [0.25, 0.3) is 11.2 Å². The van der Waals surface area contributed by atoms with Crippen molar-refractivity contribution in [2.75, 3.05) is 31.4 Å². The maximum absolute atomic E-state index is 12.0. The smallest absolute Gasteiger partial charge is 0.182 e. The summed E-state index contributed by atoms with van der Waals surface area (Å²) in [5.41, 5.74) is 3.06. The number of aromatic nitrogens is 4. The minimum Gasteiger partial charge on any atom is -0.376 e. The molecule has 23 heavy (non-hydrogen) atoms. The van der Waals surface area contributed by atoms with E-state index in [4.69, 9.17) is 0 Å². The summed E-state index contributed by atoms with van der Waals surface area (Å²) in [7, 11) is 4.28. The lowest BCUT2D eigenvalue weighted by atomic mass is 10.2. The molecule has 3 N–H and O–H groups in total. The van der Waals surface area contributed by atoms with E-state index in [2.05, 4.69) is 30.0 Å². The molecule has 0 spiro atoms. The minimum atomic E-state index is -1.26. The lowest BCUT2D eigenvalue weighted by molar-refractivity contribution is 0.678. The van der Waals surface area contributed by atoms with Gasteiger partial charge in [-0.05, 0) is 25.2 Å². The standard InChI is InChI=1S/C14H17N7OS/c1-15-23(22)9-4-5-11(21(2)3)10(6-9)20-14-12-13(17-7-16-12)18-8-19-14/h4-8,15H,1-3H3,(H2,16,17,18,19,20). The van der Waals surface area contributed by atoms with Gasteiger partial charge in [0, 0.05) is 14.1 Å². The van der Waals surface area contributed by atoms with Crippen LogP contribution in [-0.2, 0) is 11.0 Å². The number of rotatable bonds is 5. The molecular formula is C14H17N7OS. The average molecular weight is 331 g/mol. The highest BCUT2D eigenvalue weighted by Gasteiger charge is 2.12. The molecule has 0 saturated heterocycles. The molecule has 0 aliphatic carbocycles. The Hall–Kier alpha value is -2.52. The second-order valence-corrected chi connectivity index (χ2v) is 6.41. The predicted octanol–water partition coefficient (Wildman–Crippen LogP) is 1.40. The van der Waals surface area contributed by atoms with Crippen LogP contribution in [0, 0.1) is 0 Å². The second-order valence-electron chi connectivity index (χ2n) is 4.99. The zero-order valence-corrected chi connectivity index (χ0v) is 13.8. The highest BCUT2D eigenvalue weighted by Crippen LogP contribution is 2.30. The van der Waals surface area contributed by atoms with Crippen LogP contribution >= 0.6 is 0 Å². The van der Waals surface area contributed by atoms with Crippen LogP contribution < -0.4 is 14.9 Å². The molecule has 3 aromatic rings. The van der Waals surface area contributed by atoms with Crippen LogP contribution in [0.4, 0.5) is 17.2 Å². The van der Waals surface area contributed by atoms with E-state index >= 15 is 0 Å². The van der Waals surface area contributed by atoms with E-state index in [1.165, 1.54) is 6.33 Å². The molecule has 120 valence electrons. The Morgan fingerprint density at radius 2 is 2.04 bits per heavy atom. The van der Waals surface area contributed by atoms with Crippen molar-refractivity contribution in [3.63, 3.8) is 0 Å². The van der Waals surface area contributed by atoms with Crippen LogP contribution in [0.2, 0.25) is 0 Å². The minimum absolute atomic E-state index is 0.587. The summed E-state index contributed by atoms with van der Waals surface area (Å²) in [5.74, 6) is 0.614. The highest BCUT2D eigenvalue weighted by atomic mass is 32.2. The third-order valence-electron chi connectivity index (χ3n) is 3.33. The van der Waals surface area contributed by atoms with Gasteiger partial charge in [0.25, 0.3) is 0 Å². The van der Waals surface area contributed by atoms with Gasteiger partial charge in [-0.1, -0.05) is 0 Å². The summed E-state index contributed by atoms with van der Waals surface area (Å²) in [6.07, 6.45) is 3.03. The molecule has 0 fully saturated rings. The Morgan fingerprint density at radius 1 is 1.22 bits per heavy atom. The summed E-state index contributed by atoms with van der Waals surface area (Å²) in [5, 5.41) is 3.28. The average Bonchev–Trinajstić information content (AvgIpc) is 3.03. The van der Waals surface area contributed by atoms with Gasteiger partial charge in [0.15, 0.2) is 11.5 Å². The number of H-pyrrole nitrogens is 1. The molecule has 0 saturated carbocycles. The van der Waals surface area contributed by atoms with Gasteiger partial charge in [0.1, 0.15) is 22.8 Å². The second kappa shape index (κ2) is 6.31. The lowest BCUT2D eigenvalue weighted by Gasteiger charge is -2.19. The number of imidazole rings is 1. The van der Waals surface area contributed by atoms with Crippen molar-refractivity contribution >= 4 is 39.3 Å². The number of hydrogen-bond donors (Lipinski definition) is 3. The van der Waals surface area contributed by atoms with Crippen molar-refractivity contribution in [3.05, 3.63) is 30.9 Å². The molecule has 1 aromatic carbocycles. The van der Waals surface area contributed by atoms with E-state index in [0.717, 1.165) is 16.9 Å². The number of fused-ring (bicyclic) bond motifs is 1. The molecular weight excluding hydrogens is 314 g/mol. The quantitative estimate of drug-likeness (QED) is 0.654. The monoisotopic (exact) mass is 331 g/mol. The van der Waals surface area contributed by atoms with E-state index in [9.17, 15) is 4.21 Å². The zero-order valence-electron chi connectivity index (χ0n) is 13.0. The Bertz CT molecular complexity index is 861. The maximum Gasteiger partial charge on any atom is 0.182 e. The first kappa shape index (κ1) is 15.4. The highest BCUT2D eigenvalue weighted by molar-refractivity contribution is 7.83. The number of anilines is 3. The van der Waals surface area contributed by atoms with Gasteiger partial charge in [-0.25, -0.2) is 23.9 Å². The largest absolute Gasteiger partial charge is 0.376 e. The molecule has 1 unspecified atom stereocenters. The van der Waals surface area contributed by atoms with Crippen molar-refractivity contribution in [1.29, 1.82) is 0 Å². The third kappa shape index (κ3) is 3.01. The van der Waals surface area contributed by atoms with Crippen molar-refractivity contribution < 1.29 is 4.21 Å². The van der Waals surface area contributed by atoms with E-state index in [1.54, 1.807) is 13.4 Å².